The Hall–Kier alpha value is -6.72. The zero-order chi connectivity index (χ0) is 41.6. The summed E-state index contributed by atoms with van der Waals surface area (Å²) >= 11 is 3.17. The number of aromatic nitrogens is 6. The number of methoxy groups -OCH3 is 2. The Balaban J connectivity index is 0.000000245. The first-order chi connectivity index (χ1) is 28.5. The highest BCUT2D eigenvalue weighted by atomic mass is 79.9. The highest BCUT2D eigenvalue weighted by Crippen LogP contribution is 2.40. The normalized spacial score (nSPS) is 12.4. The molecule has 0 aliphatic carbocycles. The van der Waals surface area contributed by atoms with Gasteiger partial charge >= 0.3 is 0 Å². The molecule has 1 aliphatic rings. The topological polar surface area (TPSA) is 163 Å². The lowest BCUT2D eigenvalue weighted by Gasteiger charge is -2.29. The summed E-state index contributed by atoms with van der Waals surface area (Å²) in [7, 11) is 3.01. The first-order valence-electron chi connectivity index (χ1n) is 18.2. The monoisotopic (exact) mass is 863 g/mol. The van der Waals surface area contributed by atoms with Gasteiger partial charge in [0.15, 0.2) is 5.69 Å². The van der Waals surface area contributed by atoms with E-state index in [1.165, 1.54) is 25.4 Å². The molecule has 0 atom stereocenters. The van der Waals surface area contributed by atoms with Gasteiger partial charge < -0.3 is 24.4 Å². The van der Waals surface area contributed by atoms with Crippen LogP contribution in [0.5, 0.6) is 11.8 Å². The number of pyridine rings is 6. The molecule has 0 unspecified atom stereocenters. The molecule has 0 saturated carbocycles. The zero-order valence-electron chi connectivity index (χ0n) is 32.2. The Morgan fingerprint density at radius 3 is 2.34 bits per heavy atom. The first-order valence-corrected chi connectivity index (χ1v) is 19.0. The van der Waals surface area contributed by atoms with Crippen molar-refractivity contribution in [3.63, 3.8) is 0 Å². The molecule has 1 N–H and O–H groups in total. The van der Waals surface area contributed by atoms with Crippen molar-refractivity contribution in [3.05, 3.63) is 129 Å². The number of nitrogens with zero attached hydrogens (tertiary/aromatic N) is 8. The number of nitrogens with one attached hydrogen (secondary N) is 1. The van der Waals surface area contributed by atoms with Crippen LogP contribution in [0.15, 0.2) is 96.1 Å². The molecule has 8 rings (SSSR count). The summed E-state index contributed by atoms with van der Waals surface area (Å²) in [5, 5.41) is 14.7. The minimum atomic E-state index is -0.716. The van der Waals surface area contributed by atoms with Crippen molar-refractivity contribution in [2.45, 2.75) is 13.8 Å². The molecule has 0 spiro atoms. The Labute approximate surface area is 345 Å². The average Bonchev–Trinajstić information content (AvgIpc) is 3.25. The second-order valence-corrected chi connectivity index (χ2v) is 14.1. The highest BCUT2D eigenvalue weighted by Gasteiger charge is 2.23. The van der Waals surface area contributed by atoms with Gasteiger partial charge in [0.2, 0.25) is 11.8 Å². The van der Waals surface area contributed by atoms with Crippen LogP contribution in [-0.2, 0) is 4.74 Å². The third kappa shape index (κ3) is 8.90. The van der Waals surface area contributed by atoms with E-state index in [2.05, 4.69) is 51.1 Å². The van der Waals surface area contributed by atoms with E-state index in [1.54, 1.807) is 43.9 Å². The fraction of sp³-hybridized carbons (Fsp3) is 0.190. The number of nitro groups is 1. The molecular weight excluding hydrogens is 828 g/mol. The molecule has 17 heteroatoms. The summed E-state index contributed by atoms with van der Waals surface area (Å²) in [6.45, 7) is 6.48. The van der Waals surface area contributed by atoms with Crippen LogP contribution in [-0.4, -0.2) is 75.4 Å². The van der Waals surface area contributed by atoms with Crippen LogP contribution in [0.1, 0.15) is 11.1 Å². The fourth-order valence-electron chi connectivity index (χ4n) is 6.49. The number of morpholine rings is 1. The molecule has 7 heterocycles. The van der Waals surface area contributed by atoms with Crippen LogP contribution in [0, 0.1) is 35.6 Å². The second-order valence-electron chi connectivity index (χ2n) is 13.2. The van der Waals surface area contributed by atoms with Gasteiger partial charge in [-0.15, -0.1) is 0 Å². The fourth-order valence-corrected chi connectivity index (χ4v) is 6.95. The highest BCUT2D eigenvalue weighted by molar-refractivity contribution is 9.10. The number of rotatable bonds is 9. The minimum Gasteiger partial charge on any atom is -0.481 e. The molecule has 14 nitrogen and oxygen atoms in total. The number of fused-ring (bicyclic) bond motifs is 1. The molecular formula is C42H36BrF2N9O5. The van der Waals surface area contributed by atoms with Gasteiger partial charge in [0.1, 0.15) is 11.6 Å². The summed E-state index contributed by atoms with van der Waals surface area (Å²) in [6, 6.07) is 16.3. The lowest BCUT2D eigenvalue weighted by molar-refractivity contribution is -0.384. The van der Waals surface area contributed by atoms with Gasteiger partial charge in [-0.05, 0) is 71.7 Å². The second kappa shape index (κ2) is 17.8. The van der Waals surface area contributed by atoms with Crippen LogP contribution in [0.3, 0.4) is 0 Å². The summed E-state index contributed by atoms with van der Waals surface area (Å²) in [5.41, 5.74) is 6.99. The molecule has 1 aromatic carbocycles. The van der Waals surface area contributed by atoms with E-state index in [1.807, 2.05) is 44.3 Å². The van der Waals surface area contributed by atoms with Crippen LogP contribution in [0.25, 0.3) is 44.8 Å². The molecule has 1 aliphatic heterocycles. The molecule has 0 bridgehead atoms. The van der Waals surface area contributed by atoms with Crippen LogP contribution in [0.2, 0.25) is 0 Å². The largest absolute Gasteiger partial charge is 0.481 e. The lowest BCUT2D eigenvalue weighted by atomic mass is 10.0. The number of aryl methyl sites for hydroxylation is 1. The molecule has 1 fully saturated rings. The van der Waals surface area contributed by atoms with E-state index < -0.39 is 16.6 Å². The van der Waals surface area contributed by atoms with Gasteiger partial charge in [0.25, 0.3) is 5.69 Å². The van der Waals surface area contributed by atoms with Crippen molar-refractivity contribution in [1.82, 2.24) is 29.9 Å². The predicted octanol–water partition coefficient (Wildman–Crippen LogP) is 9.06. The first kappa shape index (κ1) is 40.5. The van der Waals surface area contributed by atoms with E-state index in [0.717, 1.165) is 36.0 Å². The number of anilines is 3. The van der Waals surface area contributed by atoms with Crippen LogP contribution in [0.4, 0.5) is 31.5 Å². The molecule has 59 heavy (non-hydrogen) atoms. The van der Waals surface area contributed by atoms with E-state index >= 15 is 4.39 Å². The van der Waals surface area contributed by atoms with Crippen LogP contribution < -0.4 is 19.7 Å². The number of ether oxygens (including phenoxy) is 3. The van der Waals surface area contributed by atoms with E-state index in [-0.39, 0.29) is 22.3 Å². The maximum absolute atomic E-state index is 15.5. The van der Waals surface area contributed by atoms with Crippen molar-refractivity contribution in [3.8, 4) is 45.7 Å². The minimum absolute atomic E-state index is 0.101. The quantitative estimate of drug-likeness (QED) is 0.108. The van der Waals surface area contributed by atoms with Gasteiger partial charge in [0.05, 0.1) is 88.1 Å². The molecule has 6 aromatic heterocycles. The molecule has 1 saturated heterocycles. The standard InChI is InChI=1S/C31H28F2N6O2.C11H8BrN3O3/c1-18-6-7-34-25(12-18)29-19(2)30(28-23(33)13-21(32)14-24(28)37-29)38-26-15-22(39-8-10-41-11-9-39)17-36-31(26)20-4-5-27(40-3)35-16-20;1-18-11-8(12)5-9(15(16)17)10(14-11)7-3-2-4-13-6-7/h4-7,12-17H,8-11H2,1-3H3,(H,37,38);2-6H,1H3. The summed E-state index contributed by atoms with van der Waals surface area (Å²) in [6.07, 6.45) is 8.29. The van der Waals surface area contributed by atoms with Gasteiger partial charge in [-0.25, -0.2) is 23.7 Å². The van der Waals surface area contributed by atoms with E-state index in [0.29, 0.717) is 69.0 Å². The van der Waals surface area contributed by atoms with E-state index in [9.17, 15) is 14.5 Å². The molecule has 7 aromatic rings. The van der Waals surface area contributed by atoms with Crippen molar-refractivity contribution in [2.24, 2.45) is 0 Å². The molecule has 300 valence electrons. The lowest BCUT2D eigenvalue weighted by Crippen LogP contribution is -2.36. The Kier molecular flexibility index (Phi) is 12.2. The van der Waals surface area contributed by atoms with Crippen LogP contribution >= 0.6 is 15.9 Å². The summed E-state index contributed by atoms with van der Waals surface area (Å²) in [5.74, 6) is -0.656. The number of halogens is 3. The number of hydrogen-bond acceptors (Lipinski definition) is 13. The predicted molar refractivity (Wildman–Crippen MR) is 223 cm³/mol. The van der Waals surface area contributed by atoms with Gasteiger partial charge in [-0.2, -0.15) is 0 Å². The molecule has 0 radical (unpaired) electrons. The average molecular weight is 865 g/mol. The zero-order valence-corrected chi connectivity index (χ0v) is 33.8. The maximum atomic E-state index is 15.5. The summed E-state index contributed by atoms with van der Waals surface area (Å²) in [4.78, 5) is 39.1. The van der Waals surface area contributed by atoms with E-state index in [4.69, 9.17) is 19.2 Å². The van der Waals surface area contributed by atoms with Crippen molar-refractivity contribution in [1.29, 1.82) is 0 Å². The van der Waals surface area contributed by atoms with Gasteiger partial charge in [-0.3, -0.25) is 25.1 Å². The maximum Gasteiger partial charge on any atom is 0.296 e. The van der Waals surface area contributed by atoms with Crippen molar-refractivity contribution >= 4 is 49.6 Å². The Morgan fingerprint density at radius 2 is 1.66 bits per heavy atom. The third-order valence-corrected chi connectivity index (χ3v) is 9.95. The number of benzene rings is 1. The molecule has 0 amide bonds. The SMILES string of the molecule is COc1ccc(-c2ncc(N3CCOCC3)cc2Nc2c(C)c(-c3cc(C)ccn3)nc3cc(F)cc(F)c23)cn1.COc1nc(-c2cccnc2)c([N+](=O)[O-])cc1Br. The van der Waals surface area contributed by atoms with Crippen molar-refractivity contribution in [2.75, 3.05) is 50.7 Å². The smallest absolute Gasteiger partial charge is 0.296 e. The van der Waals surface area contributed by atoms with Gasteiger partial charge in [-0.1, -0.05) is 0 Å². The third-order valence-electron chi connectivity index (χ3n) is 9.38. The van der Waals surface area contributed by atoms with Gasteiger partial charge in [0, 0.05) is 78.8 Å². The Bertz CT molecular complexity index is 2650. The number of hydrogen-bond donors (Lipinski definition) is 1. The van der Waals surface area contributed by atoms with Crippen molar-refractivity contribution < 1.29 is 27.9 Å². The Morgan fingerprint density at radius 1 is 0.864 bits per heavy atom. The summed E-state index contributed by atoms with van der Waals surface area (Å²) < 4.78 is 46.1.